The van der Waals surface area contributed by atoms with Crippen LogP contribution in [0.2, 0.25) is 0 Å². The predicted octanol–water partition coefficient (Wildman–Crippen LogP) is 4.67. The summed E-state index contributed by atoms with van der Waals surface area (Å²) in [6, 6.07) is 4.79. The third kappa shape index (κ3) is 3.06. The molecule has 1 N–H and O–H groups in total. The van der Waals surface area contributed by atoms with Crippen molar-refractivity contribution in [3.05, 3.63) is 24.0 Å². The maximum Gasteiger partial charge on any atom is 0.183 e. The van der Waals surface area contributed by atoms with E-state index in [4.69, 9.17) is 0 Å². The van der Waals surface area contributed by atoms with Crippen molar-refractivity contribution < 1.29 is 4.39 Å². The minimum absolute atomic E-state index is 0.217. The average Bonchev–Trinajstić information content (AvgIpc) is 2.78. The predicted molar refractivity (Wildman–Crippen MR) is 79.2 cm³/mol. The van der Waals surface area contributed by atoms with Crippen LogP contribution in [-0.4, -0.2) is 11.5 Å². The maximum absolute atomic E-state index is 13.1. The van der Waals surface area contributed by atoms with Crippen LogP contribution < -0.4 is 5.32 Å². The Labute approximate surface area is 117 Å². The zero-order chi connectivity index (χ0) is 13.2. The molecule has 2 atom stereocenters. The highest BCUT2D eigenvalue weighted by Gasteiger charge is 2.18. The summed E-state index contributed by atoms with van der Waals surface area (Å²) in [6.45, 7) is 3.33. The van der Waals surface area contributed by atoms with Crippen LogP contribution >= 0.6 is 11.3 Å². The first-order chi connectivity index (χ1) is 9.20. The molecule has 1 saturated carbocycles. The molecule has 1 fully saturated rings. The number of anilines is 1. The molecule has 102 valence electrons. The van der Waals surface area contributed by atoms with Crippen LogP contribution in [0.5, 0.6) is 0 Å². The first-order valence-electron chi connectivity index (χ1n) is 7.00. The van der Waals surface area contributed by atoms with Crippen LogP contribution in [0.1, 0.15) is 32.6 Å². The number of aromatic nitrogens is 1. The quantitative estimate of drug-likeness (QED) is 0.882. The first-order valence-corrected chi connectivity index (χ1v) is 7.82. The highest BCUT2D eigenvalue weighted by molar-refractivity contribution is 7.22. The van der Waals surface area contributed by atoms with Crippen molar-refractivity contribution in [2.24, 2.45) is 11.8 Å². The first kappa shape index (κ1) is 12.9. The summed E-state index contributed by atoms with van der Waals surface area (Å²) in [4.78, 5) is 4.44. The Morgan fingerprint density at radius 2 is 2.32 bits per heavy atom. The Morgan fingerprint density at radius 3 is 3.16 bits per heavy atom. The summed E-state index contributed by atoms with van der Waals surface area (Å²) < 4.78 is 14.2. The summed E-state index contributed by atoms with van der Waals surface area (Å²) in [5.74, 6) is 1.39. The Hall–Kier alpha value is -1.16. The van der Waals surface area contributed by atoms with E-state index in [0.717, 1.165) is 33.7 Å². The van der Waals surface area contributed by atoms with Crippen molar-refractivity contribution in [2.75, 3.05) is 11.9 Å². The topological polar surface area (TPSA) is 24.9 Å². The Kier molecular flexibility index (Phi) is 3.69. The van der Waals surface area contributed by atoms with Gasteiger partial charge in [0.15, 0.2) is 5.13 Å². The van der Waals surface area contributed by atoms with Gasteiger partial charge in [-0.3, -0.25) is 0 Å². The molecule has 1 aliphatic carbocycles. The summed E-state index contributed by atoms with van der Waals surface area (Å²) in [5.41, 5.74) is 0.754. The number of fused-ring (bicyclic) bond motifs is 1. The molecule has 19 heavy (non-hydrogen) atoms. The number of thiazole rings is 1. The van der Waals surface area contributed by atoms with Crippen LogP contribution in [0.4, 0.5) is 9.52 Å². The minimum Gasteiger partial charge on any atom is -0.361 e. The van der Waals surface area contributed by atoms with Gasteiger partial charge >= 0.3 is 0 Å². The van der Waals surface area contributed by atoms with E-state index in [1.54, 1.807) is 17.4 Å². The molecule has 2 nitrogen and oxygen atoms in total. The molecule has 1 aromatic heterocycles. The molecule has 0 saturated heterocycles. The van der Waals surface area contributed by atoms with Gasteiger partial charge in [-0.25, -0.2) is 9.37 Å². The second kappa shape index (κ2) is 5.45. The maximum atomic E-state index is 13.1. The third-order valence-corrected chi connectivity index (χ3v) is 4.93. The van der Waals surface area contributed by atoms with Crippen molar-refractivity contribution in [2.45, 2.75) is 32.6 Å². The second-order valence-corrected chi connectivity index (χ2v) is 6.68. The van der Waals surface area contributed by atoms with Crippen LogP contribution in [0.15, 0.2) is 18.2 Å². The van der Waals surface area contributed by atoms with Crippen LogP contribution in [0.25, 0.3) is 10.2 Å². The smallest absolute Gasteiger partial charge is 0.183 e. The molecular weight excluding hydrogens is 259 g/mol. The number of hydrogen-bond donors (Lipinski definition) is 1. The zero-order valence-electron chi connectivity index (χ0n) is 11.2. The van der Waals surface area contributed by atoms with Crippen molar-refractivity contribution >= 4 is 26.7 Å². The lowest BCUT2D eigenvalue weighted by molar-refractivity contribution is 0.293. The van der Waals surface area contributed by atoms with Crippen molar-refractivity contribution in [3.63, 3.8) is 0 Å². The van der Waals surface area contributed by atoms with E-state index >= 15 is 0 Å². The zero-order valence-corrected chi connectivity index (χ0v) is 12.0. The Balaban J connectivity index is 1.65. The van der Waals surface area contributed by atoms with Gasteiger partial charge < -0.3 is 5.32 Å². The molecule has 0 radical (unpaired) electrons. The number of halogens is 1. The van der Waals surface area contributed by atoms with Crippen LogP contribution in [0.3, 0.4) is 0 Å². The third-order valence-electron chi connectivity index (χ3n) is 3.94. The second-order valence-electron chi connectivity index (χ2n) is 5.65. The SMILES string of the molecule is CC1CCCC(CNc2nc3cc(F)ccc3s2)C1. The highest BCUT2D eigenvalue weighted by atomic mass is 32.1. The van der Waals surface area contributed by atoms with Gasteiger partial charge in [-0.15, -0.1) is 0 Å². The number of benzene rings is 1. The largest absolute Gasteiger partial charge is 0.361 e. The molecule has 0 amide bonds. The van der Waals surface area contributed by atoms with Crippen molar-refractivity contribution in [1.82, 2.24) is 4.98 Å². The Morgan fingerprint density at radius 1 is 1.42 bits per heavy atom. The molecule has 1 aromatic carbocycles. The molecule has 4 heteroatoms. The van der Waals surface area contributed by atoms with Crippen molar-refractivity contribution in [3.8, 4) is 0 Å². The van der Waals surface area contributed by atoms with Gasteiger partial charge in [0.05, 0.1) is 10.2 Å². The van der Waals surface area contributed by atoms with E-state index in [9.17, 15) is 4.39 Å². The van der Waals surface area contributed by atoms with Gasteiger partial charge in [0.25, 0.3) is 0 Å². The number of rotatable bonds is 3. The number of hydrogen-bond acceptors (Lipinski definition) is 3. The fraction of sp³-hybridized carbons (Fsp3) is 0.533. The van der Waals surface area contributed by atoms with E-state index in [-0.39, 0.29) is 5.82 Å². The van der Waals surface area contributed by atoms with Gasteiger partial charge in [0.2, 0.25) is 0 Å². The molecule has 1 heterocycles. The van der Waals surface area contributed by atoms with Crippen molar-refractivity contribution in [1.29, 1.82) is 0 Å². The molecule has 3 rings (SSSR count). The fourth-order valence-electron chi connectivity index (χ4n) is 2.95. The molecule has 0 bridgehead atoms. The standard InChI is InChI=1S/C15H19FN2S/c1-10-3-2-4-11(7-10)9-17-15-18-13-8-12(16)5-6-14(13)19-15/h5-6,8,10-11H,2-4,7,9H2,1H3,(H,17,18). The molecule has 2 unspecified atom stereocenters. The van der Waals surface area contributed by atoms with E-state index in [2.05, 4.69) is 17.2 Å². The lowest BCUT2D eigenvalue weighted by atomic mass is 9.82. The lowest BCUT2D eigenvalue weighted by Gasteiger charge is -2.26. The van der Waals surface area contributed by atoms with Gasteiger partial charge in [0.1, 0.15) is 5.82 Å². The fourth-order valence-corrected chi connectivity index (χ4v) is 3.81. The van der Waals surface area contributed by atoms with E-state index < -0.39 is 0 Å². The summed E-state index contributed by atoms with van der Waals surface area (Å²) in [7, 11) is 0. The van der Waals surface area contributed by atoms with E-state index in [1.165, 1.54) is 37.8 Å². The molecule has 0 aliphatic heterocycles. The van der Waals surface area contributed by atoms with E-state index in [0.29, 0.717) is 0 Å². The molecular formula is C15H19FN2S. The number of nitrogens with one attached hydrogen (secondary N) is 1. The summed E-state index contributed by atoms with van der Waals surface area (Å²) in [5, 5.41) is 4.34. The van der Waals surface area contributed by atoms with E-state index in [1.807, 2.05) is 0 Å². The summed E-state index contributed by atoms with van der Waals surface area (Å²) >= 11 is 1.61. The average molecular weight is 278 g/mol. The van der Waals surface area contributed by atoms with Crippen LogP contribution in [0, 0.1) is 17.7 Å². The highest BCUT2D eigenvalue weighted by Crippen LogP contribution is 2.30. The van der Waals surface area contributed by atoms with Gasteiger partial charge in [-0.05, 0) is 36.8 Å². The monoisotopic (exact) mass is 278 g/mol. The van der Waals surface area contributed by atoms with Crippen LogP contribution in [-0.2, 0) is 0 Å². The molecule has 0 spiro atoms. The number of nitrogens with zero attached hydrogens (tertiary/aromatic N) is 1. The van der Waals surface area contributed by atoms with Gasteiger partial charge in [-0.2, -0.15) is 0 Å². The molecule has 2 aromatic rings. The normalized spacial score (nSPS) is 23.7. The minimum atomic E-state index is -0.217. The lowest BCUT2D eigenvalue weighted by Crippen LogP contribution is -2.20. The Bertz CT molecular complexity index is 566. The van der Waals surface area contributed by atoms with Gasteiger partial charge in [-0.1, -0.05) is 31.1 Å². The summed E-state index contributed by atoms with van der Waals surface area (Å²) in [6.07, 6.45) is 5.35. The van der Waals surface area contributed by atoms with Gasteiger partial charge in [0, 0.05) is 12.6 Å². The molecule has 1 aliphatic rings.